The van der Waals surface area contributed by atoms with E-state index in [1.807, 2.05) is 20.8 Å². The number of benzene rings is 1. The van der Waals surface area contributed by atoms with E-state index in [0.717, 1.165) is 23.2 Å². The molecule has 0 unspecified atom stereocenters. The lowest BCUT2D eigenvalue weighted by atomic mass is 10.0. The second-order valence-corrected chi connectivity index (χ2v) is 4.14. The lowest BCUT2D eigenvalue weighted by Crippen LogP contribution is -2.12. The fourth-order valence-electron chi connectivity index (χ4n) is 2.13. The highest BCUT2D eigenvalue weighted by atomic mass is 19.1. The summed E-state index contributed by atoms with van der Waals surface area (Å²) >= 11 is 0. The number of rotatable bonds is 2. The molecule has 1 heterocycles. The summed E-state index contributed by atoms with van der Waals surface area (Å²) in [6.45, 7) is 5.85. The highest BCUT2D eigenvalue weighted by Gasteiger charge is 2.14. The van der Waals surface area contributed by atoms with Crippen LogP contribution in [0.15, 0.2) is 12.1 Å². The molecule has 3 N–H and O–H groups in total. The van der Waals surface area contributed by atoms with Gasteiger partial charge in [0.25, 0.3) is 0 Å². The predicted octanol–water partition coefficient (Wildman–Crippen LogP) is 2.84. The van der Waals surface area contributed by atoms with E-state index in [0.29, 0.717) is 16.6 Å². The number of nitrogens with zero attached hydrogens (tertiary/aromatic N) is 1. The third-order valence-electron chi connectivity index (χ3n) is 3.11. The highest BCUT2D eigenvalue weighted by Crippen LogP contribution is 2.31. The van der Waals surface area contributed by atoms with E-state index in [1.165, 1.54) is 6.07 Å². The summed E-state index contributed by atoms with van der Waals surface area (Å²) in [5.41, 5.74) is 6.72. The van der Waals surface area contributed by atoms with E-state index in [1.54, 1.807) is 6.07 Å². The Hall–Kier alpha value is -1.68. The molecule has 2 aromatic rings. The van der Waals surface area contributed by atoms with Crippen LogP contribution in [0.4, 0.5) is 10.1 Å². The molecule has 90 valence electrons. The second kappa shape index (κ2) is 4.30. The van der Waals surface area contributed by atoms with E-state index in [-0.39, 0.29) is 5.82 Å². The van der Waals surface area contributed by atoms with E-state index in [4.69, 9.17) is 5.84 Å². The van der Waals surface area contributed by atoms with Crippen molar-refractivity contribution in [2.75, 3.05) is 5.43 Å². The van der Waals surface area contributed by atoms with E-state index in [9.17, 15) is 4.39 Å². The first kappa shape index (κ1) is 11.8. The number of hydrogen-bond acceptors (Lipinski definition) is 3. The van der Waals surface area contributed by atoms with Crippen LogP contribution in [0.5, 0.6) is 0 Å². The number of hydrogen-bond donors (Lipinski definition) is 2. The van der Waals surface area contributed by atoms with Gasteiger partial charge in [-0.2, -0.15) is 0 Å². The van der Waals surface area contributed by atoms with Gasteiger partial charge >= 0.3 is 0 Å². The molecule has 2 rings (SSSR count). The van der Waals surface area contributed by atoms with Crippen molar-refractivity contribution in [1.82, 2.24) is 4.98 Å². The average molecular weight is 233 g/mol. The average Bonchev–Trinajstić information content (AvgIpc) is 2.33. The number of nitrogens with one attached hydrogen (secondary N) is 1. The summed E-state index contributed by atoms with van der Waals surface area (Å²) in [5, 5.41) is 0.474. The van der Waals surface area contributed by atoms with Crippen molar-refractivity contribution < 1.29 is 4.39 Å². The molecule has 0 saturated carbocycles. The zero-order valence-electron chi connectivity index (χ0n) is 10.3. The molecule has 0 aliphatic heterocycles. The Kier molecular flexibility index (Phi) is 2.98. The SMILES string of the molecule is CCc1nc2c(C)ccc(F)c2c(NN)c1C. The fourth-order valence-corrected chi connectivity index (χ4v) is 2.13. The van der Waals surface area contributed by atoms with Crippen LogP contribution in [0.25, 0.3) is 10.9 Å². The molecule has 0 aliphatic rings. The molecule has 3 nitrogen and oxygen atoms in total. The molecule has 0 saturated heterocycles. The Balaban J connectivity index is 2.97. The molecular formula is C13H16FN3. The Morgan fingerprint density at radius 1 is 1.35 bits per heavy atom. The maximum absolute atomic E-state index is 13.9. The van der Waals surface area contributed by atoms with Crippen LogP contribution in [0.3, 0.4) is 0 Å². The molecule has 0 bridgehead atoms. The summed E-state index contributed by atoms with van der Waals surface area (Å²) in [5.74, 6) is 5.22. The van der Waals surface area contributed by atoms with Crippen molar-refractivity contribution >= 4 is 16.6 Å². The summed E-state index contributed by atoms with van der Waals surface area (Å²) in [6.07, 6.45) is 0.798. The van der Waals surface area contributed by atoms with Gasteiger partial charge in [-0.1, -0.05) is 13.0 Å². The number of fused-ring (bicyclic) bond motifs is 1. The minimum Gasteiger partial charge on any atom is -0.323 e. The minimum atomic E-state index is -0.295. The zero-order chi connectivity index (χ0) is 12.6. The standard InChI is InChI=1S/C13H16FN3/c1-4-10-8(3)13(17-15)11-9(14)6-5-7(2)12(11)16-10/h5-6H,4,15H2,1-3H3,(H,16,17). The largest absolute Gasteiger partial charge is 0.323 e. The molecule has 0 fully saturated rings. The lowest BCUT2D eigenvalue weighted by Gasteiger charge is -2.14. The van der Waals surface area contributed by atoms with Gasteiger partial charge in [-0.15, -0.1) is 0 Å². The number of anilines is 1. The van der Waals surface area contributed by atoms with E-state index < -0.39 is 0 Å². The Morgan fingerprint density at radius 2 is 2.06 bits per heavy atom. The third-order valence-corrected chi connectivity index (χ3v) is 3.11. The van der Waals surface area contributed by atoms with Crippen LogP contribution >= 0.6 is 0 Å². The van der Waals surface area contributed by atoms with Gasteiger partial charge in [0.2, 0.25) is 0 Å². The van der Waals surface area contributed by atoms with Gasteiger partial charge in [0.1, 0.15) is 5.82 Å². The van der Waals surface area contributed by atoms with Gasteiger partial charge in [-0.3, -0.25) is 10.8 Å². The molecular weight excluding hydrogens is 217 g/mol. The molecule has 0 amide bonds. The van der Waals surface area contributed by atoms with Crippen molar-refractivity contribution in [2.24, 2.45) is 5.84 Å². The van der Waals surface area contributed by atoms with Crippen LogP contribution in [-0.4, -0.2) is 4.98 Å². The number of halogens is 1. The molecule has 0 aliphatic carbocycles. The Bertz CT molecular complexity index is 579. The fraction of sp³-hybridized carbons (Fsp3) is 0.308. The second-order valence-electron chi connectivity index (χ2n) is 4.14. The van der Waals surface area contributed by atoms with Gasteiger partial charge in [-0.25, -0.2) is 4.39 Å². The van der Waals surface area contributed by atoms with Gasteiger partial charge in [-0.05, 0) is 37.5 Å². The summed E-state index contributed by atoms with van der Waals surface area (Å²) < 4.78 is 13.9. The van der Waals surface area contributed by atoms with Gasteiger partial charge < -0.3 is 5.43 Å². The normalized spacial score (nSPS) is 10.9. The van der Waals surface area contributed by atoms with Crippen LogP contribution in [-0.2, 0) is 6.42 Å². The predicted molar refractivity (Wildman–Crippen MR) is 68.4 cm³/mol. The number of aryl methyl sites for hydroxylation is 2. The summed E-state index contributed by atoms with van der Waals surface area (Å²) in [4.78, 5) is 4.53. The van der Waals surface area contributed by atoms with Crippen molar-refractivity contribution in [3.8, 4) is 0 Å². The van der Waals surface area contributed by atoms with E-state index in [2.05, 4.69) is 10.4 Å². The maximum atomic E-state index is 13.9. The number of aromatic nitrogens is 1. The van der Waals surface area contributed by atoms with Crippen LogP contribution in [0.1, 0.15) is 23.7 Å². The zero-order valence-corrected chi connectivity index (χ0v) is 10.3. The van der Waals surface area contributed by atoms with Gasteiger partial charge in [0, 0.05) is 5.69 Å². The number of nitrogen functional groups attached to an aromatic ring is 1. The molecule has 17 heavy (non-hydrogen) atoms. The molecule has 4 heteroatoms. The third kappa shape index (κ3) is 1.74. The van der Waals surface area contributed by atoms with Crippen molar-refractivity contribution in [3.05, 3.63) is 34.8 Å². The molecule has 0 radical (unpaired) electrons. The molecule has 1 aromatic heterocycles. The molecule has 1 aromatic carbocycles. The van der Waals surface area contributed by atoms with Crippen LogP contribution in [0.2, 0.25) is 0 Å². The smallest absolute Gasteiger partial charge is 0.134 e. The van der Waals surface area contributed by atoms with Crippen LogP contribution < -0.4 is 11.3 Å². The maximum Gasteiger partial charge on any atom is 0.134 e. The highest BCUT2D eigenvalue weighted by molar-refractivity contribution is 5.95. The summed E-state index contributed by atoms with van der Waals surface area (Å²) in [7, 11) is 0. The number of pyridine rings is 1. The number of nitrogens with two attached hydrogens (primary N) is 1. The topological polar surface area (TPSA) is 50.9 Å². The van der Waals surface area contributed by atoms with Gasteiger partial charge in [0.05, 0.1) is 16.6 Å². The van der Waals surface area contributed by atoms with Crippen molar-refractivity contribution in [3.63, 3.8) is 0 Å². The molecule has 0 spiro atoms. The van der Waals surface area contributed by atoms with Crippen molar-refractivity contribution in [2.45, 2.75) is 27.2 Å². The van der Waals surface area contributed by atoms with Gasteiger partial charge in [0.15, 0.2) is 0 Å². The van der Waals surface area contributed by atoms with Crippen molar-refractivity contribution in [1.29, 1.82) is 0 Å². The first-order chi connectivity index (χ1) is 8.10. The first-order valence-electron chi connectivity index (χ1n) is 5.65. The Labute approximate surface area is 99.8 Å². The van der Waals surface area contributed by atoms with E-state index >= 15 is 0 Å². The number of hydrazine groups is 1. The quantitative estimate of drug-likeness (QED) is 0.619. The Morgan fingerprint density at radius 3 is 2.65 bits per heavy atom. The minimum absolute atomic E-state index is 0.295. The monoisotopic (exact) mass is 233 g/mol. The lowest BCUT2D eigenvalue weighted by molar-refractivity contribution is 0.639. The van der Waals surface area contributed by atoms with Crippen LogP contribution in [0, 0.1) is 19.7 Å². The summed E-state index contributed by atoms with van der Waals surface area (Å²) in [6, 6.07) is 3.19. The first-order valence-corrected chi connectivity index (χ1v) is 5.65. The molecule has 0 atom stereocenters.